The summed E-state index contributed by atoms with van der Waals surface area (Å²) in [5.74, 6) is 0. The minimum Gasteiger partial charge on any atom is -0.390 e. The van der Waals surface area contributed by atoms with Crippen molar-refractivity contribution in [3.05, 3.63) is 24.0 Å². The summed E-state index contributed by atoms with van der Waals surface area (Å²) in [5.41, 5.74) is 1.91. The molecule has 88 valence electrons. The lowest BCUT2D eigenvalue weighted by molar-refractivity contribution is 0.234. The monoisotopic (exact) mass is 221 g/mol. The topological polar surface area (TPSA) is 39.6 Å². The first kappa shape index (κ1) is 11.4. The van der Waals surface area contributed by atoms with Crippen molar-refractivity contribution in [2.24, 2.45) is 0 Å². The molecule has 0 spiro atoms. The van der Waals surface area contributed by atoms with Crippen LogP contribution in [0.4, 0.5) is 5.69 Å². The van der Waals surface area contributed by atoms with Gasteiger partial charge in [0.15, 0.2) is 0 Å². The normalized spacial score (nSPS) is 22.4. The molecule has 0 aromatic carbocycles. The second-order valence-corrected chi connectivity index (χ2v) is 4.44. The average Bonchev–Trinajstić information content (AvgIpc) is 2.33. The Labute approximate surface area is 96.5 Å². The fraction of sp³-hybridized carbons (Fsp3) is 0.583. The zero-order chi connectivity index (χ0) is 11.5. The van der Waals surface area contributed by atoms with Crippen molar-refractivity contribution in [2.75, 3.05) is 31.6 Å². The number of likely N-dealkylation sites (N-methyl/N-ethyl adjacent to an activating group) is 1. The maximum atomic E-state index is 9.07. The van der Waals surface area contributed by atoms with Gasteiger partial charge in [0.1, 0.15) is 0 Å². The van der Waals surface area contributed by atoms with E-state index in [1.807, 2.05) is 12.1 Å². The Balaban J connectivity index is 2.12. The number of piperazine rings is 1. The quantitative estimate of drug-likeness (QED) is 0.798. The van der Waals surface area contributed by atoms with Gasteiger partial charge < -0.3 is 14.9 Å². The average molecular weight is 221 g/mol. The van der Waals surface area contributed by atoms with Gasteiger partial charge in [-0.2, -0.15) is 0 Å². The second kappa shape index (κ2) is 4.80. The summed E-state index contributed by atoms with van der Waals surface area (Å²) in [6.45, 7) is 5.40. The molecule has 0 bridgehead atoms. The van der Waals surface area contributed by atoms with Crippen LogP contribution >= 0.6 is 0 Å². The lowest BCUT2D eigenvalue weighted by Gasteiger charge is -2.39. The minimum atomic E-state index is 0.0110. The van der Waals surface area contributed by atoms with Crippen molar-refractivity contribution < 1.29 is 5.11 Å². The van der Waals surface area contributed by atoms with E-state index in [2.05, 4.69) is 28.8 Å². The van der Waals surface area contributed by atoms with E-state index >= 15 is 0 Å². The molecule has 1 atom stereocenters. The highest BCUT2D eigenvalue weighted by atomic mass is 16.3. The summed E-state index contributed by atoms with van der Waals surface area (Å²) < 4.78 is 0. The van der Waals surface area contributed by atoms with E-state index in [1.54, 1.807) is 6.20 Å². The molecule has 1 N–H and O–H groups in total. The van der Waals surface area contributed by atoms with E-state index in [9.17, 15) is 0 Å². The van der Waals surface area contributed by atoms with Gasteiger partial charge in [0.25, 0.3) is 0 Å². The van der Waals surface area contributed by atoms with E-state index in [1.165, 1.54) is 5.69 Å². The summed E-state index contributed by atoms with van der Waals surface area (Å²) in [5, 5.41) is 9.07. The first-order valence-electron chi connectivity index (χ1n) is 5.71. The van der Waals surface area contributed by atoms with Crippen LogP contribution in [0.15, 0.2) is 18.3 Å². The fourth-order valence-electron chi connectivity index (χ4n) is 2.03. The molecular formula is C12H19N3O. The summed E-state index contributed by atoms with van der Waals surface area (Å²) in [7, 11) is 2.16. The molecule has 16 heavy (non-hydrogen) atoms. The Kier molecular flexibility index (Phi) is 3.41. The van der Waals surface area contributed by atoms with Gasteiger partial charge in [-0.25, -0.2) is 0 Å². The number of hydrogen-bond acceptors (Lipinski definition) is 4. The van der Waals surface area contributed by atoms with Crippen molar-refractivity contribution >= 4 is 5.69 Å². The number of hydrogen-bond donors (Lipinski definition) is 1. The van der Waals surface area contributed by atoms with Gasteiger partial charge in [-0.1, -0.05) is 0 Å². The third-order valence-corrected chi connectivity index (χ3v) is 3.29. The van der Waals surface area contributed by atoms with Crippen molar-refractivity contribution in [1.82, 2.24) is 9.88 Å². The van der Waals surface area contributed by atoms with Crippen LogP contribution in [-0.2, 0) is 6.61 Å². The molecule has 1 aromatic heterocycles. The Bertz CT molecular complexity index is 356. The maximum absolute atomic E-state index is 9.07. The van der Waals surface area contributed by atoms with Gasteiger partial charge in [-0.05, 0) is 26.1 Å². The van der Waals surface area contributed by atoms with Gasteiger partial charge >= 0.3 is 0 Å². The van der Waals surface area contributed by atoms with Crippen LogP contribution in [0.5, 0.6) is 0 Å². The molecular weight excluding hydrogens is 202 g/mol. The molecule has 1 aliphatic heterocycles. The van der Waals surface area contributed by atoms with Crippen molar-refractivity contribution in [3.8, 4) is 0 Å². The summed E-state index contributed by atoms with van der Waals surface area (Å²) >= 11 is 0. The van der Waals surface area contributed by atoms with Crippen molar-refractivity contribution in [3.63, 3.8) is 0 Å². The molecule has 2 heterocycles. The third kappa shape index (κ3) is 2.33. The summed E-state index contributed by atoms with van der Waals surface area (Å²) in [6.07, 6.45) is 1.77. The number of rotatable bonds is 2. The van der Waals surface area contributed by atoms with Crippen molar-refractivity contribution in [1.29, 1.82) is 0 Å². The standard InChI is InChI=1S/C12H19N3O/c1-10-8-15(6-5-14(10)2)12-3-4-13-11(7-12)9-16/h3-4,7,10,16H,5-6,8-9H2,1-2H3. The number of aliphatic hydroxyl groups is 1. The number of aromatic nitrogens is 1. The predicted octanol–water partition coefficient (Wildman–Crippen LogP) is 0.714. The molecule has 1 fully saturated rings. The maximum Gasteiger partial charge on any atom is 0.0853 e. The Morgan fingerprint density at radius 3 is 3.00 bits per heavy atom. The minimum absolute atomic E-state index is 0.0110. The molecule has 0 radical (unpaired) electrons. The highest BCUT2D eigenvalue weighted by Gasteiger charge is 2.20. The van der Waals surface area contributed by atoms with Crippen LogP contribution in [-0.4, -0.2) is 47.7 Å². The van der Waals surface area contributed by atoms with Gasteiger partial charge in [0.05, 0.1) is 12.3 Å². The molecule has 0 saturated carbocycles. The van der Waals surface area contributed by atoms with Crippen LogP contribution in [0, 0.1) is 0 Å². The molecule has 4 nitrogen and oxygen atoms in total. The largest absolute Gasteiger partial charge is 0.390 e. The second-order valence-electron chi connectivity index (χ2n) is 4.44. The predicted molar refractivity (Wildman–Crippen MR) is 64.5 cm³/mol. The third-order valence-electron chi connectivity index (χ3n) is 3.29. The van der Waals surface area contributed by atoms with E-state index in [0.29, 0.717) is 6.04 Å². The molecule has 1 aromatic rings. The van der Waals surface area contributed by atoms with Crippen LogP contribution in [0.3, 0.4) is 0 Å². The number of nitrogens with zero attached hydrogens (tertiary/aromatic N) is 3. The molecule has 1 unspecified atom stereocenters. The molecule has 0 amide bonds. The van der Waals surface area contributed by atoms with Gasteiger partial charge in [0, 0.05) is 37.6 Å². The highest BCUT2D eigenvalue weighted by molar-refractivity contribution is 5.47. The van der Waals surface area contributed by atoms with Crippen LogP contribution in [0.2, 0.25) is 0 Å². The number of pyridine rings is 1. The number of aliphatic hydroxyl groups excluding tert-OH is 1. The molecule has 0 aliphatic carbocycles. The van der Waals surface area contributed by atoms with Crippen LogP contribution in [0.25, 0.3) is 0 Å². The van der Waals surface area contributed by atoms with Crippen LogP contribution < -0.4 is 4.90 Å². The van der Waals surface area contributed by atoms with E-state index in [4.69, 9.17) is 5.11 Å². The summed E-state index contributed by atoms with van der Waals surface area (Å²) in [4.78, 5) is 8.82. The molecule has 2 rings (SSSR count). The van der Waals surface area contributed by atoms with Gasteiger partial charge in [-0.15, -0.1) is 0 Å². The van der Waals surface area contributed by atoms with E-state index in [-0.39, 0.29) is 6.61 Å². The van der Waals surface area contributed by atoms with Gasteiger partial charge in [0.2, 0.25) is 0 Å². The van der Waals surface area contributed by atoms with E-state index < -0.39 is 0 Å². The number of anilines is 1. The lowest BCUT2D eigenvalue weighted by atomic mass is 10.2. The zero-order valence-electron chi connectivity index (χ0n) is 9.93. The first-order valence-corrected chi connectivity index (χ1v) is 5.71. The Hall–Kier alpha value is -1.13. The zero-order valence-corrected chi connectivity index (χ0v) is 9.93. The summed E-state index contributed by atoms with van der Waals surface area (Å²) in [6, 6.07) is 4.55. The first-order chi connectivity index (χ1) is 7.70. The van der Waals surface area contributed by atoms with Gasteiger partial charge in [-0.3, -0.25) is 4.98 Å². The molecule has 1 saturated heterocycles. The molecule has 4 heteroatoms. The Morgan fingerprint density at radius 1 is 1.50 bits per heavy atom. The SMILES string of the molecule is CC1CN(c2ccnc(CO)c2)CCN1C. The fourth-order valence-corrected chi connectivity index (χ4v) is 2.03. The smallest absolute Gasteiger partial charge is 0.0853 e. The van der Waals surface area contributed by atoms with Crippen molar-refractivity contribution in [2.45, 2.75) is 19.6 Å². The van der Waals surface area contributed by atoms with Crippen LogP contribution in [0.1, 0.15) is 12.6 Å². The lowest BCUT2D eigenvalue weighted by Crippen LogP contribution is -2.50. The Morgan fingerprint density at radius 2 is 2.31 bits per heavy atom. The highest BCUT2D eigenvalue weighted by Crippen LogP contribution is 2.18. The molecule has 1 aliphatic rings. The van der Waals surface area contributed by atoms with E-state index in [0.717, 1.165) is 25.3 Å².